The summed E-state index contributed by atoms with van der Waals surface area (Å²) in [6, 6.07) is 15.6. The van der Waals surface area contributed by atoms with Crippen molar-refractivity contribution < 1.29 is 18.3 Å². The molecule has 52 heavy (non-hydrogen) atoms. The maximum atomic E-state index is 15.7. The summed E-state index contributed by atoms with van der Waals surface area (Å²) in [7, 11) is 0. The first-order chi connectivity index (χ1) is 25.1. The van der Waals surface area contributed by atoms with E-state index in [1.165, 1.54) is 52.2 Å². The number of ether oxygens (including phenoxy) is 1. The number of halogens is 2. The highest BCUT2D eigenvalue weighted by atomic mass is 19.1. The van der Waals surface area contributed by atoms with Crippen LogP contribution in [0.25, 0.3) is 16.6 Å². The van der Waals surface area contributed by atoms with Gasteiger partial charge >= 0.3 is 11.7 Å². The largest absolute Gasteiger partial charge is 0.462 e. The minimum atomic E-state index is -0.820. The number of nitrogens with zero attached hydrogens (tertiary/aromatic N) is 4. The molecule has 0 saturated carbocycles. The predicted molar refractivity (Wildman–Crippen MR) is 198 cm³/mol. The van der Waals surface area contributed by atoms with Crippen molar-refractivity contribution in [1.82, 2.24) is 19.0 Å². The summed E-state index contributed by atoms with van der Waals surface area (Å²) in [5, 5.41) is 3.14. The van der Waals surface area contributed by atoms with E-state index in [4.69, 9.17) is 4.74 Å². The molecule has 6 rings (SSSR count). The fourth-order valence-corrected chi connectivity index (χ4v) is 6.65. The molecule has 1 saturated heterocycles. The number of benzene rings is 3. The number of unbranched alkanes of at least 4 members (excludes halogenated alkanes) is 1. The van der Waals surface area contributed by atoms with Gasteiger partial charge in [-0.3, -0.25) is 24.0 Å². The van der Waals surface area contributed by atoms with E-state index in [-0.39, 0.29) is 29.7 Å². The van der Waals surface area contributed by atoms with Crippen molar-refractivity contribution >= 4 is 34.1 Å². The first-order valence-electron chi connectivity index (χ1n) is 17.6. The Bertz CT molecular complexity index is 2240. The maximum Gasteiger partial charge on any atom is 0.343 e. The van der Waals surface area contributed by atoms with E-state index < -0.39 is 28.7 Å². The lowest BCUT2D eigenvalue weighted by Crippen LogP contribution is -2.47. The summed E-state index contributed by atoms with van der Waals surface area (Å²) >= 11 is 0. The number of rotatable bonds is 12. The molecular formula is C39H42F2N6O5. The molecule has 1 aliphatic rings. The van der Waals surface area contributed by atoms with Crippen molar-refractivity contribution in [1.29, 1.82) is 0 Å². The fourth-order valence-electron chi connectivity index (χ4n) is 6.65. The molecule has 0 amide bonds. The molecule has 0 aliphatic carbocycles. The van der Waals surface area contributed by atoms with Crippen LogP contribution >= 0.6 is 0 Å². The van der Waals surface area contributed by atoms with Gasteiger partial charge in [0, 0.05) is 61.7 Å². The van der Waals surface area contributed by atoms with E-state index in [1.807, 2.05) is 30.0 Å². The molecule has 0 atom stereocenters. The maximum absolute atomic E-state index is 15.7. The number of carbonyl (C=O) groups excluding carboxylic acids is 1. The van der Waals surface area contributed by atoms with E-state index in [0.717, 1.165) is 31.1 Å². The zero-order valence-electron chi connectivity index (χ0n) is 29.5. The van der Waals surface area contributed by atoms with Crippen LogP contribution in [0, 0.1) is 18.6 Å². The molecule has 3 aromatic carbocycles. The van der Waals surface area contributed by atoms with E-state index in [9.17, 15) is 23.6 Å². The number of aromatic nitrogens is 3. The van der Waals surface area contributed by atoms with E-state index >= 15 is 4.39 Å². The Labute approximate surface area is 299 Å². The Hall–Kier alpha value is -5.56. The Kier molecular flexibility index (Phi) is 11.0. The molecule has 0 unspecified atom stereocenters. The van der Waals surface area contributed by atoms with Gasteiger partial charge in [0.1, 0.15) is 23.0 Å². The Morgan fingerprint density at radius 2 is 1.63 bits per heavy atom. The summed E-state index contributed by atoms with van der Waals surface area (Å²) in [5.74, 6) is -1.51. The molecule has 13 heteroatoms. The van der Waals surface area contributed by atoms with Gasteiger partial charge in [0.25, 0.3) is 5.56 Å². The zero-order valence-corrected chi connectivity index (χ0v) is 29.5. The number of pyridine rings is 1. The first-order valence-corrected chi connectivity index (χ1v) is 17.6. The van der Waals surface area contributed by atoms with Gasteiger partial charge in [-0.2, -0.15) is 0 Å². The third kappa shape index (κ3) is 7.84. The highest BCUT2D eigenvalue weighted by Crippen LogP contribution is 2.28. The minimum absolute atomic E-state index is 0.00967. The SMILES string of the molecule is CCOC(=O)c1cn(-c2ccc(F)cc2)c2cc(N3CCN(CCCCn4c(=O)cc(Nc5ccc(C)c(CC)c5)[nH]c4=O)CC3)c(F)cc2c1=O. The normalized spacial score (nSPS) is 13.4. The monoisotopic (exact) mass is 712 g/mol. The number of anilines is 3. The molecule has 3 heterocycles. The van der Waals surface area contributed by atoms with Gasteiger partial charge in [0.15, 0.2) is 0 Å². The number of aryl methyl sites for hydroxylation is 2. The number of hydrogen-bond acceptors (Lipinski definition) is 8. The Morgan fingerprint density at radius 1 is 0.904 bits per heavy atom. The number of H-pyrrole nitrogens is 1. The van der Waals surface area contributed by atoms with Crippen molar-refractivity contribution in [2.24, 2.45) is 0 Å². The van der Waals surface area contributed by atoms with Crippen LogP contribution in [0.1, 0.15) is 48.2 Å². The molecule has 5 aromatic rings. The van der Waals surface area contributed by atoms with Crippen LogP contribution in [0.5, 0.6) is 0 Å². The number of piperazine rings is 1. The summed E-state index contributed by atoms with van der Waals surface area (Å²) in [4.78, 5) is 58.5. The molecule has 0 bridgehead atoms. The van der Waals surface area contributed by atoms with Gasteiger partial charge in [-0.25, -0.2) is 18.4 Å². The van der Waals surface area contributed by atoms with Crippen LogP contribution in [0.2, 0.25) is 0 Å². The van der Waals surface area contributed by atoms with Gasteiger partial charge in [-0.15, -0.1) is 0 Å². The smallest absolute Gasteiger partial charge is 0.343 e. The van der Waals surface area contributed by atoms with Crippen molar-refractivity contribution in [3.63, 3.8) is 0 Å². The topological polar surface area (TPSA) is 122 Å². The molecule has 11 nitrogen and oxygen atoms in total. The van der Waals surface area contributed by atoms with Crippen molar-refractivity contribution in [3.05, 3.63) is 126 Å². The summed E-state index contributed by atoms with van der Waals surface area (Å²) in [5.41, 5.74) is 2.62. The molecule has 2 aromatic heterocycles. The lowest BCUT2D eigenvalue weighted by molar-refractivity contribution is 0.0524. The quantitative estimate of drug-likeness (QED) is 0.128. The molecule has 272 valence electrons. The van der Waals surface area contributed by atoms with E-state index in [0.29, 0.717) is 55.3 Å². The second-order valence-electron chi connectivity index (χ2n) is 12.9. The number of nitrogens with one attached hydrogen (secondary N) is 2. The summed E-state index contributed by atoms with van der Waals surface area (Å²) < 4.78 is 37.3. The number of esters is 1. The van der Waals surface area contributed by atoms with Crippen molar-refractivity contribution in [2.75, 3.05) is 49.5 Å². The fraction of sp³-hybridized carbons (Fsp3) is 0.333. The van der Waals surface area contributed by atoms with E-state index in [2.05, 4.69) is 22.1 Å². The van der Waals surface area contributed by atoms with Crippen LogP contribution in [-0.2, 0) is 17.7 Å². The minimum Gasteiger partial charge on any atom is -0.462 e. The second-order valence-corrected chi connectivity index (χ2v) is 12.9. The molecule has 0 radical (unpaired) electrons. The predicted octanol–water partition coefficient (Wildman–Crippen LogP) is 5.51. The van der Waals surface area contributed by atoms with Crippen LogP contribution in [0.3, 0.4) is 0 Å². The van der Waals surface area contributed by atoms with Gasteiger partial charge in [0.2, 0.25) is 5.43 Å². The summed E-state index contributed by atoms with van der Waals surface area (Å²) in [6.07, 6.45) is 3.62. The second kappa shape index (κ2) is 15.8. The Morgan fingerprint density at radius 3 is 2.33 bits per heavy atom. The molecule has 2 N–H and O–H groups in total. The molecule has 1 aliphatic heterocycles. The number of hydrogen-bond donors (Lipinski definition) is 2. The van der Waals surface area contributed by atoms with Gasteiger partial charge in [-0.1, -0.05) is 13.0 Å². The first kappa shape index (κ1) is 36.2. The van der Waals surface area contributed by atoms with Crippen molar-refractivity contribution in [3.8, 4) is 5.69 Å². The number of aromatic amines is 1. The van der Waals surface area contributed by atoms with Crippen LogP contribution in [-0.4, -0.2) is 64.3 Å². The molecule has 1 fully saturated rings. The average molecular weight is 713 g/mol. The van der Waals surface area contributed by atoms with Crippen LogP contribution in [0.4, 0.5) is 26.0 Å². The van der Waals surface area contributed by atoms with Crippen LogP contribution in [0.15, 0.2) is 81.2 Å². The average Bonchev–Trinajstić information content (AvgIpc) is 3.13. The summed E-state index contributed by atoms with van der Waals surface area (Å²) in [6.45, 7) is 9.21. The third-order valence-electron chi connectivity index (χ3n) is 9.52. The van der Waals surface area contributed by atoms with Crippen LogP contribution < -0.4 is 26.9 Å². The van der Waals surface area contributed by atoms with Gasteiger partial charge < -0.3 is 19.5 Å². The number of fused-ring (bicyclic) bond motifs is 1. The lowest BCUT2D eigenvalue weighted by atomic mass is 10.1. The highest BCUT2D eigenvalue weighted by Gasteiger charge is 2.23. The highest BCUT2D eigenvalue weighted by molar-refractivity contribution is 5.95. The zero-order chi connectivity index (χ0) is 36.9. The standard InChI is InChI=1S/C39H42F2N6O5/c1-4-26-20-28(11-8-25(26)3)42-35-23-36(48)46(39(51)43-35)15-7-6-14-44-16-18-45(19-17-44)34-22-33-30(21-32(34)41)37(49)31(38(50)52-5-2)24-47(33)29-12-9-27(40)10-13-29/h8-13,20-24,42H,4-7,14-19H2,1-3H3,(H,43,51). The van der Waals surface area contributed by atoms with E-state index in [1.54, 1.807) is 17.6 Å². The molecule has 0 spiro atoms. The lowest BCUT2D eigenvalue weighted by Gasteiger charge is -2.36. The van der Waals surface area contributed by atoms with Crippen molar-refractivity contribution in [2.45, 2.75) is 46.6 Å². The molecular weight excluding hydrogens is 670 g/mol. The third-order valence-corrected chi connectivity index (χ3v) is 9.52. The van der Waals surface area contributed by atoms with Gasteiger partial charge in [0.05, 0.1) is 17.8 Å². The van der Waals surface area contributed by atoms with Gasteiger partial charge in [-0.05, 0) is 99.3 Å². The number of carbonyl (C=O) groups is 1. The Balaban J connectivity index is 1.09.